The molecule has 0 saturated carbocycles. The molecule has 0 amide bonds. The number of phenols is 2. The third-order valence-corrected chi connectivity index (χ3v) is 1.05. The SMILES string of the molecule is Oc1ccc(F)c(O)c1F. The van der Waals surface area contributed by atoms with Gasteiger partial charge >= 0.3 is 0 Å². The van der Waals surface area contributed by atoms with E-state index in [2.05, 4.69) is 0 Å². The van der Waals surface area contributed by atoms with Crippen LogP contribution in [0.1, 0.15) is 0 Å². The van der Waals surface area contributed by atoms with Crippen molar-refractivity contribution in [2.24, 2.45) is 0 Å². The molecule has 2 N–H and O–H groups in total. The van der Waals surface area contributed by atoms with Crippen LogP contribution in [-0.2, 0) is 0 Å². The second-order valence-corrected chi connectivity index (χ2v) is 1.73. The summed E-state index contributed by atoms with van der Waals surface area (Å²) < 4.78 is 24.4. The highest BCUT2D eigenvalue weighted by Gasteiger charge is 2.10. The Balaban J connectivity index is 3.34. The van der Waals surface area contributed by atoms with Gasteiger partial charge in [-0.1, -0.05) is 0 Å². The van der Waals surface area contributed by atoms with Gasteiger partial charge in [-0.15, -0.1) is 0 Å². The molecule has 0 aliphatic heterocycles. The van der Waals surface area contributed by atoms with Gasteiger partial charge in [0, 0.05) is 0 Å². The van der Waals surface area contributed by atoms with E-state index in [1.165, 1.54) is 0 Å². The van der Waals surface area contributed by atoms with Crippen LogP contribution in [0, 0.1) is 11.6 Å². The zero-order chi connectivity index (χ0) is 7.72. The fraction of sp³-hybridized carbons (Fsp3) is 0. The summed E-state index contributed by atoms with van der Waals surface area (Å²) in [6, 6.07) is 1.60. The third kappa shape index (κ3) is 0.877. The standard InChI is InChI=1S/C6H4F2O2/c7-3-1-2-4(9)5(8)6(3)10/h1-2,9-10H. The highest BCUT2D eigenvalue weighted by atomic mass is 19.1. The summed E-state index contributed by atoms with van der Waals surface area (Å²) in [5.74, 6) is -4.34. The number of hydrogen-bond acceptors (Lipinski definition) is 2. The number of aromatic hydroxyl groups is 2. The summed E-state index contributed by atoms with van der Waals surface area (Å²) in [6.07, 6.45) is 0. The number of hydrogen-bond donors (Lipinski definition) is 2. The smallest absolute Gasteiger partial charge is 0.209 e. The number of rotatable bonds is 0. The van der Waals surface area contributed by atoms with Crippen molar-refractivity contribution >= 4 is 0 Å². The van der Waals surface area contributed by atoms with E-state index in [4.69, 9.17) is 10.2 Å². The van der Waals surface area contributed by atoms with Crippen molar-refractivity contribution in [1.82, 2.24) is 0 Å². The first-order valence-electron chi connectivity index (χ1n) is 2.49. The summed E-state index contributed by atoms with van der Waals surface area (Å²) in [5.41, 5.74) is 0. The maximum Gasteiger partial charge on any atom is 0.209 e. The average molecular weight is 146 g/mol. The monoisotopic (exact) mass is 146 g/mol. The molecule has 0 unspecified atom stereocenters. The molecule has 1 aromatic rings. The van der Waals surface area contributed by atoms with Gasteiger partial charge in [-0.2, -0.15) is 4.39 Å². The largest absolute Gasteiger partial charge is 0.505 e. The van der Waals surface area contributed by atoms with Gasteiger partial charge in [0.15, 0.2) is 17.3 Å². The normalized spacial score (nSPS) is 9.80. The number of halogens is 2. The second-order valence-electron chi connectivity index (χ2n) is 1.73. The second kappa shape index (κ2) is 2.13. The Morgan fingerprint density at radius 2 is 1.70 bits per heavy atom. The minimum absolute atomic E-state index is 0.765. The molecule has 0 heterocycles. The molecule has 0 saturated heterocycles. The Bertz CT molecular complexity index is 233. The predicted molar refractivity (Wildman–Crippen MR) is 29.7 cm³/mol. The minimum Gasteiger partial charge on any atom is -0.505 e. The van der Waals surface area contributed by atoms with Crippen LogP contribution >= 0.6 is 0 Å². The van der Waals surface area contributed by atoms with Gasteiger partial charge in [-0.05, 0) is 12.1 Å². The molecule has 0 atom stereocenters. The van der Waals surface area contributed by atoms with Crippen molar-refractivity contribution in [2.75, 3.05) is 0 Å². The van der Waals surface area contributed by atoms with Crippen LogP contribution in [0.5, 0.6) is 11.5 Å². The lowest BCUT2D eigenvalue weighted by Crippen LogP contribution is -1.81. The van der Waals surface area contributed by atoms with Crippen molar-refractivity contribution in [2.45, 2.75) is 0 Å². The molecule has 0 bridgehead atoms. The summed E-state index contributed by atoms with van der Waals surface area (Å²) in [7, 11) is 0. The Morgan fingerprint density at radius 3 is 2.20 bits per heavy atom. The summed E-state index contributed by atoms with van der Waals surface area (Å²) >= 11 is 0. The van der Waals surface area contributed by atoms with Crippen LogP contribution in [0.2, 0.25) is 0 Å². The van der Waals surface area contributed by atoms with Gasteiger partial charge in [0.1, 0.15) is 0 Å². The fourth-order valence-corrected chi connectivity index (χ4v) is 0.530. The molecule has 54 valence electrons. The van der Waals surface area contributed by atoms with Crippen molar-refractivity contribution < 1.29 is 19.0 Å². The van der Waals surface area contributed by atoms with E-state index < -0.39 is 23.1 Å². The van der Waals surface area contributed by atoms with Gasteiger partial charge in [0.25, 0.3) is 0 Å². The van der Waals surface area contributed by atoms with Crippen LogP contribution in [0.4, 0.5) is 8.78 Å². The van der Waals surface area contributed by atoms with E-state index in [-0.39, 0.29) is 0 Å². The molecular weight excluding hydrogens is 142 g/mol. The molecule has 4 heteroatoms. The Labute approximate surface area is 55.4 Å². The molecule has 1 rings (SSSR count). The highest BCUT2D eigenvalue weighted by molar-refractivity contribution is 5.34. The third-order valence-electron chi connectivity index (χ3n) is 1.05. The van der Waals surface area contributed by atoms with Crippen LogP contribution in [0.3, 0.4) is 0 Å². The van der Waals surface area contributed by atoms with E-state index in [9.17, 15) is 8.78 Å². The topological polar surface area (TPSA) is 40.5 Å². The molecule has 0 aliphatic rings. The molecule has 0 fully saturated rings. The zero-order valence-corrected chi connectivity index (χ0v) is 4.81. The van der Waals surface area contributed by atoms with E-state index >= 15 is 0 Å². The highest BCUT2D eigenvalue weighted by Crippen LogP contribution is 2.26. The van der Waals surface area contributed by atoms with Gasteiger partial charge in [0.05, 0.1) is 0 Å². The molecule has 10 heavy (non-hydrogen) atoms. The predicted octanol–water partition coefficient (Wildman–Crippen LogP) is 1.38. The van der Waals surface area contributed by atoms with Crippen molar-refractivity contribution in [3.05, 3.63) is 23.8 Å². The van der Waals surface area contributed by atoms with Crippen LogP contribution in [-0.4, -0.2) is 10.2 Å². The number of benzene rings is 1. The molecular formula is C6H4F2O2. The lowest BCUT2D eigenvalue weighted by molar-refractivity contribution is 0.366. The summed E-state index contributed by atoms with van der Waals surface area (Å²) in [4.78, 5) is 0. The van der Waals surface area contributed by atoms with Gasteiger partial charge in [-0.3, -0.25) is 0 Å². The lowest BCUT2D eigenvalue weighted by Gasteiger charge is -1.97. The average Bonchev–Trinajstić information content (AvgIpc) is 1.93. The van der Waals surface area contributed by atoms with Crippen molar-refractivity contribution in [3.8, 4) is 11.5 Å². The molecule has 0 aliphatic carbocycles. The maximum absolute atomic E-state index is 12.3. The van der Waals surface area contributed by atoms with Crippen LogP contribution in [0.15, 0.2) is 12.1 Å². The molecule has 0 spiro atoms. The zero-order valence-electron chi connectivity index (χ0n) is 4.81. The van der Waals surface area contributed by atoms with E-state index in [1.54, 1.807) is 0 Å². The summed E-state index contributed by atoms with van der Waals surface area (Å²) in [6.45, 7) is 0. The Morgan fingerprint density at radius 1 is 1.10 bits per heavy atom. The van der Waals surface area contributed by atoms with Crippen molar-refractivity contribution in [3.63, 3.8) is 0 Å². The van der Waals surface area contributed by atoms with E-state index in [1.807, 2.05) is 0 Å². The van der Waals surface area contributed by atoms with Crippen molar-refractivity contribution in [1.29, 1.82) is 0 Å². The first kappa shape index (κ1) is 6.80. The quantitative estimate of drug-likeness (QED) is 0.580. The molecule has 1 aromatic carbocycles. The van der Waals surface area contributed by atoms with E-state index in [0.717, 1.165) is 12.1 Å². The summed E-state index contributed by atoms with van der Waals surface area (Å²) in [5, 5.41) is 17.0. The van der Waals surface area contributed by atoms with E-state index in [0.29, 0.717) is 0 Å². The van der Waals surface area contributed by atoms with Crippen LogP contribution in [0.25, 0.3) is 0 Å². The Kier molecular flexibility index (Phi) is 1.45. The molecule has 0 radical (unpaired) electrons. The maximum atomic E-state index is 12.3. The lowest BCUT2D eigenvalue weighted by atomic mass is 10.3. The van der Waals surface area contributed by atoms with Gasteiger partial charge in [-0.25, -0.2) is 4.39 Å². The Hall–Kier alpha value is -1.32. The molecule has 0 aromatic heterocycles. The molecule has 2 nitrogen and oxygen atoms in total. The van der Waals surface area contributed by atoms with Gasteiger partial charge in [0.2, 0.25) is 5.82 Å². The number of phenolic OH excluding ortho intramolecular Hbond substituents is 2. The van der Waals surface area contributed by atoms with Gasteiger partial charge < -0.3 is 10.2 Å². The van der Waals surface area contributed by atoms with Crippen LogP contribution < -0.4 is 0 Å². The fourth-order valence-electron chi connectivity index (χ4n) is 0.530. The first-order chi connectivity index (χ1) is 4.63. The first-order valence-corrected chi connectivity index (χ1v) is 2.49. The minimum atomic E-state index is -1.33.